The molecule has 5 heteroatoms. The van der Waals surface area contributed by atoms with E-state index in [1.807, 2.05) is 32.2 Å². The summed E-state index contributed by atoms with van der Waals surface area (Å²) in [6, 6.07) is 5.82. The third kappa shape index (κ3) is 3.87. The van der Waals surface area contributed by atoms with Crippen molar-refractivity contribution in [1.29, 1.82) is 0 Å². The van der Waals surface area contributed by atoms with E-state index in [0.717, 1.165) is 30.2 Å². The lowest BCUT2D eigenvalue weighted by Crippen LogP contribution is -2.29. The van der Waals surface area contributed by atoms with Crippen molar-refractivity contribution in [1.82, 2.24) is 10.2 Å². The first-order valence-electron chi connectivity index (χ1n) is 7.04. The van der Waals surface area contributed by atoms with Crippen LogP contribution in [0, 0.1) is 0 Å². The van der Waals surface area contributed by atoms with Crippen molar-refractivity contribution in [3.05, 3.63) is 23.8 Å². The topological polar surface area (TPSA) is 50.8 Å². The molecule has 0 radical (unpaired) electrons. The van der Waals surface area contributed by atoms with Crippen molar-refractivity contribution in [3.63, 3.8) is 0 Å². The fourth-order valence-corrected chi connectivity index (χ4v) is 2.11. The summed E-state index contributed by atoms with van der Waals surface area (Å²) in [5, 5.41) is 3.15. The number of fused-ring (bicyclic) bond motifs is 1. The average Bonchev–Trinajstić information content (AvgIpc) is 2.47. The molecule has 5 nitrogen and oxygen atoms in total. The first kappa shape index (κ1) is 14.7. The predicted octanol–water partition coefficient (Wildman–Crippen LogP) is 1.42. The molecule has 0 spiro atoms. The summed E-state index contributed by atoms with van der Waals surface area (Å²) in [6.45, 7) is 5.40. The van der Waals surface area contributed by atoms with Crippen LogP contribution in [0.5, 0.6) is 11.5 Å². The van der Waals surface area contributed by atoms with Crippen LogP contribution in [0.2, 0.25) is 0 Å². The Morgan fingerprint density at radius 3 is 2.80 bits per heavy atom. The van der Waals surface area contributed by atoms with Gasteiger partial charge in [-0.1, -0.05) is 13.0 Å². The quantitative estimate of drug-likeness (QED) is 0.800. The third-order valence-corrected chi connectivity index (χ3v) is 3.22. The molecule has 1 aliphatic heterocycles. The zero-order valence-electron chi connectivity index (χ0n) is 12.1. The minimum absolute atomic E-state index is 0.140. The molecule has 1 heterocycles. The van der Waals surface area contributed by atoms with Crippen LogP contribution in [-0.2, 0) is 11.3 Å². The lowest BCUT2D eigenvalue weighted by Gasteiger charge is -2.21. The minimum Gasteiger partial charge on any atom is -0.486 e. The van der Waals surface area contributed by atoms with Crippen molar-refractivity contribution < 1.29 is 14.3 Å². The van der Waals surface area contributed by atoms with E-state index >= 15 is 0 Å². The number of nitrogens with one attached hydrogen (secondary N) is 1. The molecule has 20 heavy (non-hydrogen) atoms. The Labute approximate surface area is 119 Å². The maximum absolute atomic E-state index is 11.9. The number of benzene rings is 1. The number of nitrogens with zero attached hydrogens (tertiary/aromatic N) is 1. The predicted molar refractivity (Wildman–Crippen MR) is 77.1 cm³/mol. The van der Waals surface area contributed by atoms with Crippen molar-refractivity contribution in [2.24, 2.45) is 0 Å². The molecule has 0 atom stereocenters. The summed E-state index contributed by atoms with van der Waals surface area (Å²) < 4.78 is 11.0. The van der Waals surface area contributed by atoms with Crippen LogP contribution in [0.15, 0.2) is 18.2 Å². The standard InChI is InChI=1S/C15H22N2O3/c1-3-16-7-6-15(18)17(2)11-12-4-5-13-14(10-12)20-9-8-19-13/h4-5,10,16H,3,6-9,11H2,1-2H3. The van der Waals surface area contributed by atoms with Gasteiger partial charge in [0.05, 0.1) is 0 Å². The second kappa shape index (κ2) is 7.14. The SMILES string of the molecule is CCNCCC(=O)N(C)Cc1ccc2c(c1)OCCO2. The summed E-state index contributed by atoms with van der Waals surface area (Å²) in [4.78, 5) is 13.7. The first-order chi connectivity index (χ1) is 9.70. The minimum atomic E-state index is 0.140. The Balaban J connectivity index is 1.90. The number of carbonyl (C=O) groups is 1. The highest BCUT2D eigenvalue weighted by atomic mass is 16.6. The van der Waals surface area contributed by atoms with Gasteiger partial charge in [0.25, 0.3) is 0 Å². The number of amides is 1. The van der Waals surface area contributed by atoms with Gasteiger partial charge in [-0.2, -0.15) is 0 Å². The van der Waals surface area contributed by atoms with Crippen molar-refractivity contribution >= 4 is 5.91 Å². The van der Waals surface area contributed by atoms with E-state index in [4.69, 9.17) is 9.47 Å². The summed E-state index contributed by atoms with van der Waals surface area (Å²) in [7, 11) is 1.82. The van der Waals surface area contributed by atoms with Crippen LogP contribution < -0.4 is 14.8 Å². The van der Waals surface area contributed by atoms with Crippen molar-refractivity contribution in [3.8, 4) is 11.5 Å². The largest absolute Gasteiger partial charge is 0.486 e. The zero-order chi connectivity index (χ0) is 14.4. The highest BCUT2D eigenvalue weighted by Crippen LogP contribution is 2.31. The number of rotatable bonds is 6. The maximum Gasteiger partial charge on any atom is 0.223 e. The molecule has 0 bridgehead atoms. The van der Waals surface area contributed by atoms with Crippen LogP contribution in [0.4, 0.5) is 0 Å². The van der Waals surface area contributed by atoms with Crippen LogP contribution >= 0.6 is 0 Å². The molecular formula is C15H22N2O3. The molecule has 1 aromatic carbocycles. The van der Waals surface area contributed by atoms with Crippen molar-refractivity contribution in [2.45, 2.75) is 19.9 Å². The molecule has 0 unspecified atom stereocenters. The number of carbonyl (C=O) groups excluding carboxylic acids is 1. The van der Waals surface area contributed by atoms with E-state index in [9.17, 15) is 4.79 Å². The summed E-state index contributed by atoms with van der Waals surface area (Å²) in [6.07, 6.45) is 0.523. The van der Waals surface area contributed by atoms with E-state index in [2.05, 4.69) is 5.32 Å². The van der Waals surface area contributed by atoms with E-state index < -0.39 is 0 Å². The second-order valence-electron chi connectivity index (χ2n) is 4.83. The van der Waals surface area contributed by atoms with Crippen LogP contribution in [0.1, 0.15) is 18.9 Å². The smallest absolute Gasteiger partial charge is 0.223 e. The molecule has 0 fully saturated rings. The zero-order valence-corrected chi connectivity index (χ0v) is 12.1. The fourth-order valence-electron chi connectivity index (χ4n) is 2.11. The van der Waals surface area contributed by atoms with Crippen LogP contribution in [0.3, 0.4) is 0 Å². The Morgan fingerprint density at radius 1 is 1.30 bits per heavy atom. The van der Waals surface area contributed by atoms with Gasteiger partial charge in [0, 0.05) is 26.6 Å². The van der Waals surface area contributed by atoms with Gasteiger partial charge in [-0.3, -0.25) is 4.79 Å². The van der Waals surface area contributed by atoms with Gasteiger partial charge >= 0.3 is 0 Å². The van der Waals surface area contributed by atoms with Crippen molar-refractivity contribution in [2.75, 3.05) is 33.4 Å². The number of hydrogen-bond donors (Lipinski definition) is 1. The molecule has 0 saturated heterocycles. The van der Waals surface area contributed by atoms with E-state index in [-0.39, 0.29) is 5.91 Å². The Hall–Kier alpha value is -1.75. The van der Waals surface area contributed by atoms with E-state index in [1.54, 1.807) is 4.90 Å². The third-order valence-electron chi connectivity index (χ3n) is 3.22. The van der Waals surface area contributed by atoms with Gasteiger partial charge in [-0.25, -0.2) is 0 Å². The first-order valence-corrected chi connectivity index (χ1v) is 7.04. The molecule has 0 saturated carbocycles. The Morgan fingerprint density at radius 2 is 2.05 bits per heavy atom. The van der Waals surface area contributed by atoms with Gasteiger partial charge in [-0.05, 0) is 24.2 Å². The molecule has 1 aromatic rings. The van der Waals surface area contributed by atoms with Gasteiger partial charge in [0.2, 0.25) is 5.91 Å². The monoisotopic (exact) mass is 278 g/mol. The lowest BCUT2D eigenvalue weighted by atomic mass is 10.2. The number of hydrogen-bond acceptors (Lipinski definition) is 4. The van der Waals surface area contributed by atoms with Crippen LogP contribution in [-0.4, -0.2) is 44.2 Å². The van der Waals surface area contributed by atoms with E-state index in [1.165, 1.54) is 0 Å². The van der Waals surface area contributed by atoms with Gasteiger partial charge in [0.15, 0.2) is 11.5 Å². The highest BCUT2D eigenvalue weighted by molar-refractivity contribution is 5.76. The fraction of sp³-hybridized carbons (Fsp3) is 0.533. The van der Waals surface area contributed by atoms with Gasteiger partial charge in [0.1, 0.15) is 13.2 Å². The normalized spacial score (nSPS) is 13.1. The highest BCUT2D eigenvalue weighted by Gasteiger charge is 2.14. The lowest BCUT2D eigenvalue weighted by molar-refractivity contribution is -0.130. The van der Waals surface area contributed by atoms with Crippen LogP contribution in [0.25, 0.3) is 0 Å². The summed E-state index contributed by atoms with van der Waals surface area (Å²) >= 11 is 0. The molecule has 110 valence electrons. The molecule has 0 aliphatic carbocycles. The second-order valence-corrected chi connectivity index (χ2v) is 4.83. The Bertz CT molecular complexity index is 462. The molecule has 1 amide bonds. The van der Waals surface area contributed by atoms with E-state index in [0.29, 0.717) is 26.2 Å². The molecule has 2 rings (SSSR count). The molecule has 1 N–H and O–H groups in total. The molecule has 0 aromatic heterocycles. The maximum atomic E-state index is 11.9. The average molecular weight is 278 g/mol. The number of ether oxygens (including phenoxy) is 2. The summed E-state index contributed by atoms with van der Waals surface area (Å²) in [5.41, 5.74) is 1.05. The summed E-state index contributed by atoms with van der Waals surface area (Å²) in [5.74, 6) is 1.68. The molecule has 1 aliphatic rings. The molecular weight excluding hydrogens is 256 g/mol. The Kier molecular flexibility index (Phi) is 5.24. The van der Waals surface area contributed by atoms with Gasteiger partial charge < -0.3 is 19.7 Å². The van der Waals surface area contributed by atoms with Gasteiger partial charge in [-0.15, -0.1) is 0 Å².